The fraction of sp³-hybridized carbons (Fsp3) is 0.429. The fourth-order valence-corrected chi connectivity index (χ4v) is 2.58. The molecule has 0 aliphatic heterocycles. The summed E-state index contributed by atoms with van der Waals surface area (Å²) in [4.78, 5) is 15.1. The van der Waals surface area contributed by atoms with Crippen LogP contribution in [0.5, 0.6) is 0 Å². The lowest BCUT2D eigenvalue weighted by Crippen LogP contribution is -2.23. The quantitative estimate of drug-likeness (QED) is 0.813. The van der Waals surface area contributed by atoms with E-state index in [1.165, 1.54) is 19.4 Å². The van der Waals surface area contributed by atoms with Gasteiger partial charge in [0.2, 0.25) is 9.84 Å². The summed E-state index contributed by atoms with van der Waals surface area (Å²) in [7, 11) is -3.77. The maximum absolute atomic E-state index is 11.5. The van der Waals surface area contributed by atoms with Crippen molar-refractivity contribution in [3.05, 3.63) is 10.4 Å². The third-order valence-electron chi connectivity index (χ3n) is 1.66. The van der Waals surface area contributed by atoms with Crippen LogP contribution in [0.15, 0.2) is 5.51 Å². The molecule has 1 rings (SSSR count). The van der Waals surface area contributed by atoms with Gasteiger partial charge in [0.15, 0.2) is 0 Å². The Hall–Kier alpha value is -0.950. The molecule has 5 nitrogen and oxygen atoms in total. The SMILES string of the molecule is CC(C)S(=O)(=O)C(=O)c1scnc1N. The van der Waals surface area contributed by atoms with Gasteiger partial charge < -0.3 is 5.73 Å². The van der Waals surface area contributed by atoms with Crippen molar-refractivity contribution in [2.45, 2.75) is 19.1 Å². The number of carbonyl (C=O) groups excluding carboxylic acids is 1. The van der Waals surface area contributed by atoms with Crippen LogP contribution in [0, 0.1) is 0 Å². The number of thiazole rings is 1. The fourth-order valence-electron chi connectivity index (χ4n) is 0.751. The number of hydrogen-bond donors (Lipinski definition) is 1. The van der Waals surface area contributed by atoms with Crippen molar-refractivity contribution in [1.82, 2.24) is 4.98 Å². The van der Waals surface area contributed by atoms with Crippen LogP contribution in [-0.2, 0) is 9.84 Å². The molecule has 1 heterocycles. The summed E-state index contributed by atoms with van der Waals surface area (Å²) in [5, 5.41) is -1.68. The zero-order valence-corrected chi connectivity index (χ0v) is 9.35. The number of sulfone groups is 1. The van der Waals surface area contributed by atoms with Gasteiger partial charge in [0.1, 0.15) is 10.7 Å². The molecule has 0 saturated carbocycles. The third-order valence-corrected chi connectivity index (χ3v) is 4.59. The van der Waals surface area contributed by atoms with E-state index in [9.17, 15) is 13.2 Å². The van der Waals surface area contributed by atoms with Gasteiger partial charge in [-0.05, 0) is 13.8 Å². The lowest BCUT2D eigenvalue weighted by molar-refractivity contribution is 0.107. The Morgan fingerprint density at radius 1 is 1.57 bits per heavy atom. The summed E-state index contributed by atoms with van der Waals surface area (Å²) in [6.07, 6.45) is 0. The van der Waals surface area contributed by atoms with Crippen molar-refractivity contribution >= 4 is 32.1 Å². The van der Waals surface area contributed by atoms with E-state index in [-0.39, 0.29) is 10.7 Å². The lowest BCUT2D eigenvalue weighted by Gasteiger charge is -2.04. The third kappa shape index (κ3) is 1.78. The highest BCUT2D eigenvalue weighted by molar-refractivity contribution is 8.07. The molecular formula is C7H10N2O3S2. The molecule has 0 saturated heterocycles. The van der Waals surface area contributed by atoms with Crippen molar-refractivity contribution in [2.75, 3.05) is 5.73 Å². The summed E-state index contributed by atoms with van der Waals surface area (Å²) in [6, 6.07) is 0. The van der Waals surface area contributed by atoms with E-state index in [4.69, 9.17) is 5.73 Å². The highest BCUT2D eigenvalue weighted by Gasteiger charge is 2.30. The summed E-state index contributed by atoms with van der Waals surface area (Å²) >= 11 is 0.937. The van der Waals surface area contributed by atoms with Crippen LogP contribution in [0.4, 0.5) is 5.82 Å². The molecule has 0 fully saturated rings. The standard InChI is InChI=1S/C7H10N2O3S2/c1-4(2)14(11,12)7(10)5-6(8)9-3-13-5/h3-4H,8H2,1-2H3. The average molecular weight is 234 g/mol. The number of rotatable bonds is 2. The second kappa shape index (κ2) is 3.66. The zero-order chi connectivity index (χ0) is 10.9. The van der Waals surface area contributed by atoms with Crippen LogP contribution in [-0.4, -0.2) is 23.8 Å². The lowest BCUT2D eigenvalue weighted by atomic mass is 10.5. The normalized spacial score (nSPS) is 11.9. The molecule has 0 atom stereocenters. The van der Waals surface area contributed by atoms with Crippen LogP contribution < -0.4 is 5.73 Å². The number of hydrogen-bond acceptors (Lipinski definition) is 6. The van der Waals surface area contributed by atoms with Gasteiger partial charge in [-0.2, -0.15) is 0 Å². The first kappa shape index (κ1) is 11.1. The second-order valence-electron chi connectivity index (χ2n) is 2.95. The minimum atomic E-state index is -3.77. The monoisotopic (exact) mass is 234 g/mol. The first-order valence-corrected chi connectivity index (χ1v) is 6.27. The average Bonchev–Trinajstić information content (AvgIpc) is 2.49. The van der Waals surface area contributed by atoms with Crippen molar-refractivity contribution in [2.24, 2.45) is 0 Å². The van der Waals surface area contributed by atoms with E-state index >= 15 is 0 Å². The van der Waals surface area contributed by atoms with Gasteiger partial charge in [0.25, 0.3) is 5.12 Å². The molecule has 0 bridgehead atoms. The van der Waals surface area contributed by atoms with E-state index in [1.54, 1.807) is 0 Å². The molecule has 0 aromatic carbocycles. The summed E-state index contributed by atoms with van der Waals surface area (Å²) in [5.74, 6) is -0.0239. The number of nitrogens with two attached hydrogens (primary N) is 1. The maximum Gasteiger partial charge on any atom is 0.290 e. The summed E-state index contributed by atoms with van der Waals surface area (Å²) < 4.78 is 22.9. The van der Waals surface area contributed by atoms with Crippen LogP contribution in [0.1, 0.15) is 23.5 Å². The smallest absolute Gasteiger partial charge is 0.290 e. The number of anilines is 1. The summed E-state index contributed by atoms with van der Waals surface area (Å²) in [5.41, 5.74) is 6.70. The van der Waals surface area contributed by atoms with E-state index in [1.807, 2.05) is 0 Å². The Bertz CT molecular complexity index is 447. The van der Waals surface area contributed by atoms with Gasteiger partial charge in [-0.1, -0.05) is 0 Å². The molecule has 0 spiro atoms. The van der Waals surface area contributed by atoms with Gasteiger partial charge >= 0.3 is 0 Å². The van der Waals surface area contributed by atoms with Crippen molar-refractivity contribution in [3.63, 3.8) is 0 Å². The van der Waals surface area contributed by atoms with Gasteiger partial charge in [0.05, 0.1) is 10.8 Å². The van der Waals surface area contributed by atoms with E-state index in [0.29, 0.717) is 0 Å². The van der Waals surface area contributed by atoms with Gasteiger partial charge in [-0.15, -0.1) is 11.3 Å². The van der Waals surface area contributed by atoms with Crippen molar-refractivity contribution in [3.8, 4) is 0 Å². The molecule has 0 aliphatic carbocycles. The topological polar surface area (TPSA) is 90.1 Å². The molecule has 0 unspecified atom stereocenters. The van der Waals surface area contributed by atoms with E-state index in [0.717, 1.165) is 11.3 Å². The van der Waals surface area contributed by atoms with Crippen molar-refractivity contribution < 1.29 is 13.2 Å². The number of nitrogens with zero attached hydrogens (tertiary/aromatic N) is 1. The Morgan fingerprint density at radius 3 is 2.50 bits per heavy atom. The minimum absolute atomic E-state index is 0.00120. The molecule has 0 radical (unpaired) electrons. The molecule has 78 valence electrons. The Kier molecular flexibility index (Phi) is 2.91. The van der Waals surface area contributed by atoms with Gasteiger partial charge in [-0.25, -0.2) is 13.4 Å². The molecule has 2 N–H and O–H groups in total. The van der Waals surface area contributed by atoms with Crippen LogP contribution in [0.3, 0.4) is 0 Å². The van der Waals surface area contributed by atoms with E-state index < -0.39 is 20.2 Å². The molecule has 1 aromatic heterocycles. The van der Waals surface area contributed by atoms with Crippen LogP contribution in [0.25, 0.3) is 0 Å². The first-order valence-electron chi connectivity index (χ1n) is 3.84. The Labute approximate surface area is 85.9 Å². The Balaban J connectivity index is 3.16. The van der Waals surface area contributed by atoms with Gasteiger partial charge in [-0.3, -0.25) is 4.79 Å². The molecular weight excluding hydrogens is 224 g/mol. The molecule has 14 heavy (non-hydrogen) atoms. The predicted octanol–water partition coefficient (Wildman–Crippen LogP) is 0.689. The second-order valence-corrected chi connectivity index (χ2v) is 6.21. The van der Waals surface area contributed by atoms with E-state index in [2.05, 4.69) is 4.98 Å². The number of aromatic nitrogens is 1. The van der Waals surface area contributed by atoms with Crippen molar-refractivity contribution in [1.29, 1.82) is 0 Å². The highest BCUT2D eigenvalue weighted by atomic mass is 32.2. The largest absolute Gasteiger partial charge is 0.382 e. The molecule has 0 amide bonds. The molecule has 7 heteroatoms. The number of nitrogen functional groups attached to an aromatic ring is 1. The van der Waals surface area contributed by atoms with Crippen LogP contribution in [0.2, 0.25) is 0 Å². The summed E-state index contributed by atoms with van der Waals surface area (Å²) in [6.45, 7) is 2.90. The minimum Gasteiger partial charge on any atom is -0.382 e. The zero-order valence-electron chi connectivity index (χ0n) is 7.72. The predicted molar refractivity (Wildman–Crippen MR) is 54.9 cm³/mol. The molecule has 1 aromatic rings. The maximum atomic E-state index is 11.5. The Morgan fingerprint density at radius 2 is 2.14 bits per heavy atom. The molecule has 0 aliphatic rings. The number of carbonyl (C=O) groups is 1. The first-order chi connectivity index (χ1) is 6.37. The highest BCUT2D eigenvalue weighted by Crippen LogP contribution is 2.20. The van der Waals surface area contributed by atoms with Gasteiger partial charge in [0, 0.05) is 0 Å². The van der Waals surface area contributed by atoms with Crippen LogP contribution >= 0.6 is 11.3 Å².